The van der Waals surface area contributed by atoms with E-state index in [1.807, 2.05) is 0 Å². The molecule has 1 fully saturated rings. The maximum atomic E-state index is 12.1. The van der Waals surface area contributed by atoms with Gasteiger partial charge in [-0.15, -0.1) is 0 Å². The van der Waals surface area contributed by atoms with Crippen molar-refractivity contribution in [3.8, 4) is 5.75 Å². The molecule has 1 aromatic carbocycles. The van der Waals surface area contributed by atoms with Gasteiger partial charge in [0, 0.05) is 11.1 Å². The molecule has 0 bridgehead atoms. The molecule has 0 radical (unpaired) electrons. The summed E-state index contributed by atoms with van der Waals surface area (Å²) in [6.07, 6.45) is 5.29. The molecule has 0 saturated heterocycles. The van der Waals surface area contributed by atoms with Crippen LogP contribution in [0.15, 0.2) is 22.7 Å². The van der Waals surface area contributed by atoms with Crippen LogP contribution >= 0.6 is 27.5 Å². The smallest absolute Gasteiger partial charge is 0.260 e. The van der Waals surface area contributed by atoms with Gasteiger partial charge in [-0.2, -0.15) is 0 Å². The van der Waals surface area contributed by atoms with E-state index in [1.54, 1.807) is 25.1 Å². The molecule has 1 aliphatic carbocycles. The highest BCUT2D eigenvalue weighted by atomic mass is 79.9. The Hall–Kier alpha value is -0.740. The van der Waals surface area contributed by atoms with Crippen molar-refractivity contribution in [2.75, 3.05) is 0 Å². The lowest BCUT2D eigenvalue weighted by Gasteiger charge is -2.24. The highest BCUT2D eigenvalue weighted by molar-refractivity contribution is 9.10. The van der Waals surface area contributed by atoms with Crippen molar-refractivity contribution >= 4 is 33.4 Å². The molecule has 1 atom stereocenters. The fraction of sp³-hybridized carbons (Fsp3) is 0.533. The van der Waals surface area contributed by atoms with Gasteiger partial charge in [-0.3, -0.25) is 4.79 Å². The molecule has 1 aliphatic rings. The van der Waals surface area contributed by atoms with Crippen LogP contribution < -0.4 is 10.1 Å². The molecule has 20 heavy (non-hydrogen) atoms. The fourth-order valence-electron chi connectivity index (χ4n) is 2.38. The highest BCUT2D eigenvalue weighted by Gasteiger charge is 2.21. The summed E-state index contributed by atoms with van der Waals surface area (Å²) >= 11 is 9.26. The van der Waals surface area contributed by atoms with Gasteiger partial charge < -0.3 is 10.1 Å². The van der Waals surface area contributed by atoms with Crippen molar-refractivity contribution in [3.05, 3.63) is 27.7 Å². The fourth-order valence-corrected chi connectivity index (χ4v) is 3.16. The Morgan fingerprint density at radius 3 is 2.75 bits per heavy atom. The van der Waals surface area contributed by atoms with E-state index < -0.39 is 6.10 Å². The second-order valence-electron chi connectivity index (χ2n) is 5.18. The molecule has 0 aliphatic heterocycles. The summed E-state index contributed by atoms with van der Waals surface area (Å²) in [4.78, 5) is 12.1. The molecule has 1 amide bonds. The van der Waals surface area contributed by atoms with E-state index in [4.69, 9.17) is 16.3 Å². The second kappa shape index (κ2) is 7.32. The zero-order valence-corrected chi connectivity index (χ0v) is 13.8. The number of carbonyl (C=O) groups excluding carboxylic acids is 1. The minimum atomic E-state index is -0.519. The minimum absolute atomic E-state index is 0.0567. The molecule has 1 N–H and O–H groups in total. The van der Waals surface area contributed by atoms with Crippen molar-refractivity contribution in [2.45, 2.75) is 51.2 Å². The van der Waals surface area contributed by atoms with E-state index in [2.05, 4.69) is 21.2 Å². The van der Waals surface area contributed by atoms with Gasteiger partial charge in [0.2, 0.25) is 0 Å². The zero-order chi connectivity index (χ0) is 14.5. The topological polar surface area (TPSA) is 38.3 Å². The van der Waals surface area contributed by atoms with Crippen LogP contribution in [-0.2, 0) is 4.79 Å². The number of halogens is 2. The molecule has 5 heteroatoms. The summed E-state index contributed by atoms with van der Waals surface area (Å²) in [6, 6.07) is 5.56. The third kappa shape index (κ3) is 4.38. The van der Waals surface area contributed by atoms with E-state index in [9.17, 15) is 4.79 Å². The van der Waals surface area contributed by atoms with Crippen LogP contribution in [0.2, 0.25) is 5.02 Å². The van der Waals surface area contributed by atoms with Gasteiger partial charge in [0.15, 0.2) is 6.10 Å². The number of benzene rings is 1. The van der Waals surface area contributed by atoms with E-state index in [1.165, 1.54) is 19.3 Å². The number of amides is 1. The largest absolute Gasteiger partial charge is 0.480 e. The van der Waals surface area contributed by atoms with Crippen LogP contribution in [0.1, 0.15) is 39.0 Å². The minimum Gasteiger partial charge on any atom is -0.480 e. The lowest BCUT2D eigenvalue weighted by molar-refractivity contribution is -0.128. The van der Waals surface area contributed by atoms with Gasteiger partial charge >= 0.3 is 0 Å². The average Bonchev–Trinajstić information content (AvgIpc) is 2.43. The molecule has 0 heterocycles. The van der Waals surface area contributed by atoms with Gasteiger partial charge in [-0.1, -0.05) is 30.9 Å². The molecular formula is C15H19BrClNO2. The van der Waals surface area contributed by atoms with Crippen LogP contribution in [0.25, 0.3) is 0 Å². The van der Waals surface area contributed by atoms with E-state index in [0.29, 0.717) is 16.8 Å². The Morgan fingerprint density at radius 2 is 2.10 bits per heavy atom. The summed E-state index contributed by atoms with van der Waals surface area (Å²) in [6.45, 7) is 1.76. The Balaban J connectivity index is 1.89. The first kappa shape index (κ1) is 15.6. The number of hydrogen-bond donors (Lipinski definition) is 1. The first-order chi connectivity index (χ1) is 9.56. The van der Waals surface area contributed by atoms with Crippen molar-refractivity contribution in [3.63, 3.8) is 0 Å². The Bertz CT molecular complexity index is 475. The Morgan fingerprint density at radius 1 is 1.40 bits per heavy atom. The zero-order valence-electron chi connectivity index (χ0n) is 11.5. The van der Waals surface area contributed by atoms with Gasteiger partial charge in [0.1, 0.15) is 5.75 Å². The number of hydrogen-bond acceptors (Lipinski definition) is 2. The lowest BCUT2D eigenvalue weighted by Crippen LogP contribution is -2.43. The van der Waals surface area contributed by atoms with E-state index >= 15 is 0 Å². The molecule has 1 aromatic rings. The quantitative estimate of drug-likeness (QED) is 0.868. The number of rotatable bonds is 4. The monoisotopic (exact) mass is 359 g/mol. The highest BCUT2D eigenvalue weighted by Crippen LogP contribution is 2.28. The third-order valence-electron chi connectivity index (χ3n) is 3.52. The predicted molar refractivity (Wildman–Crippen MR) is 84.3 cm³/mol. The van der Waals surface area contributed by atoms with Crippen molar-refractivity contribution in [1.29, 1.82) is 0 Å². The molecule has 3 nitrogen and oxygen atoms in total. The van der Waals surface area contributed by atoms with Gasteiger partial charge in [0.25, 0.3) is 5.91 Å². The molecular weight excluding hydrogens is 342 g/mol. The first-order valence-corrected chi connectivity index (χ1v) is 8.15. The van der Waals surface area contributed by atoms with Crippen LogP contribution in [0.5, 0.6) is 5.75 Å². The van der Waals surface area contributed by atoms with E-state index in [0.717, 1.165) is 17.3 Å². The standard InChI is InChI=1S/C15H19BrClNO2/c1-10(15(19)18-12-5-3-2-4-6-12)20-14-8-7-11(17)9-13(14)16/h7-10,12H,2-6H2,1H3,(H,18,19)/t10-/m0/s1. The summed E-state index contributed by atoms with van der Waals surface area (Å²) in [5, 5.41) is 3.69. The van der Waals surface area contributed by atoms with Crippen LogP contribution in [0.3, 0.4) is 0 Å². The van der Waals surface area contributed by atoms with E-state index in [-0.39, 0.29) is 5.91 Å². The van der Waals surface area contributed by atoms with Crippen molar-refractivity contribution in [2.24, 2.45) is 0 Å². The van der Waals surface area contributed by atoms with Gasteiger partial charge in [-0.25, -0.2) is 0 Å². The molecule has 0 spiro atoms. The average molecular weight is 361 g/mol. The second-order valence-corrected chi connectivity index (χ2v) is 6.47. The summed E-state index contributed by atoms with van der Waals surface area (Å²) in [5.74, 6) is 0.569. The van der Waals surface area contributed by atoms with Crippen LogP contribution in [0, 0.1) is 0 Å². The maximum Gasteiger partial charge on any atom is 0.260 e. The predicted octanol–water partition coefficient (Wildman–Crippen LogP) is 4.32. The SMILES string of the molecule is C[C@H](Oc1ccc(Cl)cc1Br)C(=O)NC1CCCCC1. The summed E-state index contributed by atoms with van der Waals surface area (Å²) in [5.41, 5.74) is 0. The number of ether oxygens (including phenoxy) is 1. The molecule has 0 aromatic heterocycles. The van der Waals surface area contributed by atoms with Crippen LogP contribution in [0.4, 0.5) is 0 Å². The van der Waals surface area contributed by atoms with Crippen LogP contribution in [-0.4, -0.2) is 18.1 Å². The molecule has 0 unspecified atom stereocenters. The third-order valence-corrected chi connectivity index (χ3v) is 4.37. The summed E-state index contributed by atoms with van der Waals surface area (Å²) < 4.78 is 6.44. The normalized spacial score (nSPS) is 17.6. The lowest BCUT2D eigenvalue weighted by atomic mass is 9.95. The maximum absolute atomic E-state index is 12.1. The summed E-state index contributed by atoms with van der Waals surface area (Å²) in [7, 11) is 0. The van der Waals surface area contributed by atoms with Crippen molar-refractivity contribution < 1.29 is 9.53 Å². The first-order valence-electron chi connectivity index (χ1n) is 6.98. The number of carbonyl (C=O) groups is 1. The Labute approximate surface area is 133 Å². The van der Waals surface area contributed by atoms with Gasteiger partial charge in [0.05, 0.1) is 4.47 Å². The molecule has 2 rings (SSSR count). The molecule has 1 saturated carbocycles. The Kier molecular flexibility index (Phi) is 5.73. The van der Waals surface area contributed by atoms with Gasteiger partial charge in [-0.05, 0) is 53.9 Å². The molecule has 110 valence electrons. The number of nitrogens with one attached hydrogen (secondary N) is 1. The van der Waals surface area contributed by atoms with Crippen molar-refractivity contribution in [1.82, 2.24) is 5.32 Å².